The van der Waals surface area contributed by atoms with Crippen molar-refractivity contribution in [1.82, 2.24) is 19.4 Å². The van der Waals surface area contributed by atoms with Gasteiger partial charge in [-0.05, 0) is 56.7 Å². The fraction of sp³-hybridized carbons (Fsp3) is 0.522. The Bertz CT molecular complexity index is 912. The summed E-state index contributed by atoms with van der Waals surface area (Å²) in [5, 5.41) is 0.830. The lowest BCUT2D eigenvalue weighted by Gasteiger charge is -2.33. The Morgan fingerprint density at radius 1 is 1.07 bits per heavy atom. The third-order valence-electron chi connectivity index (χ3n) is 6.17. The van der Waals surface area contributed by atoms with E-state index < -0.39 is 0 Å². The van der Waals surface area contributed by atoms with E-state index in [0.717, 1.165) is 49.6 Å². The maximum atomic E-state index is 12.8. The van der Waals surface area contributed by atoms with Crippen molar-refractivity contribution in [1.29, 1.82) is 0 Å². The number of imidazole rings is 1. The lowest BCUT2D eigenvalue weighted by molar-refractivity contribution is -0.139. The van der Waals surface area contributed by atoms with Gasteiger partial charge in [0, 0.05) is 44.5 Å². The van der Waals surface area contributed by atoms with Crippen LogP contribution in [0.1, 0.15) is 36.8 Å². The van der Waals surface area contributed by atoms with Crippen molar-refractivity contribution in [3.05, 3.63) is 41.7 Å². The minimum absolute atomic E-state index is 0.0861. The van der Waals surface area contributed by atoms with Crippen molar-refractivity contribution in [3.8, 4) is 5.69 Å². The number of nitrogens with zero attached hydrogens (tertiary/aromatic N) is 4. The largest absolute Gasteiger partial charge is 0.342 e. The van der Waals surface area contributed by atoms with E-state index in [1.807, 2.05) is 16.0 Å². The molecule has 0 spiro atoms. The van der Waals surface area contributed by atoms with Gasteiger partial charge in [0.1, 0.15) is 0 Å². The van der Waals surface area contributed by atoms with Gasteiger partial charge in [0.15, 0.2) is 5.16 Å². The number of benzene rings is 1. The van der Waals surface area contributed by atoms with Gasteiger partial charge in [-0.2, -0.15) is 0 Å². The second-order valence-corrected chi connectivity index (χ2v) is 9.29. The maximum Gasteiger partial charge on any atom is 0.233 e. The molecule has 2 aliphatic heterocycles. The van der Waals surface area contributed by atoms with E-state index in [4.69, 9.17) is 0 Å². The predicted octanol–water partition coefficient (Wildman–Crippen LogP) is 3.44. The van der Waals surface area contributed by atoms with Crippen LogP contribution in [0, 0.1) is 19.8 Å². The number of aromatic nitrogens is 2. The summed E-state index contributed by atoms with van der Waals surface area (Å²) < 4.78 is 2.06. The number of piperidine rings is 1. The first-order valence-corrected chi connectivity index (χ1v) is 11.8. The van der Waals surface area contributed by atoms with E-state index in [9.17, 15) is 9.59 Å². The topological polar surface area (TPSA) is 58.4 Å². The molecule has 0 bridgehead atoms. The van der Waals surface area contributed by atoms with Crippen molar-refractivity contribution in [2.24, 2.45) is 5.92 Å². The first-order valence-electron chi connectivity index (χ1n) is 10.8. The van der Waals surface area contributed by atoms with Crippen LogP contribution in [0.4, 0.5) is 0 Å². The van der Waals surface area contributed by atoms with Gasteiger partial charge in [-0.1, -0.05) is 23.9 Å². The molecule has 2 aromatic rings. The van der Waals surface area contributed by atoms with Gasteiger partial charge in [-0.25, -0.2) is 4.98 Å². The van der Waals surface area contributed by atoms with Gasteiger partial charge >= 0.3 is 0 Å². The molecule has 7 heteroatoms. The Balaban J connectivity index is 1.31. The number of hydrogen-bond acceptors (Lipinski definition) is 4. The van der Waals surface area contributed by atoms with Crippen LogP contribution in [0.25, 0.3) is 5.69 Å². The lowest BCUT2D eigenvalue weighted by atomic mass is 9.95. The van der Waals surface area contributed by atoms with Gasteiger partial charge in [0.05, 0.1) is 11.4 Å². The summed E-state index contributed by atoms with van der Waals surface area (Å²) in [6.45, 7) is 7.32. The van der Waals surface area contributed by atoms with Crippen molar-refractivity contribution in [2.45, 2.75) is 44.7 Å². The third-order valence-corrected chi connectivity index (χ3v) is 7.12. The Morgan fingerprint density at radius 3 is 2.53 bits per heavy atom. The molecule has 1 aromatic heterocycles. The second-order valence-electron chi connectivity index (χ2n) is 8.35. The van der Waals surface area contributed by atoms with Crippen molar-refractivity contribution in [2.75, 3.05) is 31.9 Å². The molecular weight excluding hydrogens is 396 g/mol. The summed E-state index contributed by atoms with van der Waals surface area (Å²) in [4.78, 5) is 33.7. The van der Waals surface area contributed by atoms with E-state index in [2.05, 4.69) is 41.6 Å². The van der Waals surface area contributed by atoms with E-state index in [1.54, 1.807) is 6.20 Å². The number of hydrogen-bond donors (Lipinski definition) is 0. The molecule has 2 fully saturated rings. The molecule has 0 N–H and O–H groups in total. The van der Waals surface area contributed by atoms with Crippen molar-refractivity contribution in [3.63, 3.8) is 0 Å². The molecule has 3 heterocycles. The summed E-state index contributed by atoms with van der Waals surface area (Å²) in [7, 11) is 0. The van der Waals surface area contributed by atoms with Crippen LogP contribution in [-0.4, -0.2) is 63.1 Å². The van der Waals surface area contributed by atoms with Crippen LogP contribution in [0.5, 0.6) is 0 Å². The zero-order chi connectivity index (χ0) is 21.1. The molecule has 0 radical (unpaired) electrons. The molecular formula is C23H30N4O2S. The molecule has 6 nitrogen and oxygen atoms in total. The van der Waals surface area contributed by atoms with Crippen LogP contribution < -0.4 is 0 Å². The van der Waals surface area contributed by atoms with Crippen LogP contribution in [-0.2, 0) is 9.59 Å². The number of carbonyl (C=O) groups excluding carboxylic acids is 2. The molecule has 2 amide bonds. The molecule has 2 saturated heterocycles. The highest BCUT2D eigenvalue weighted by Crippen LogP contribution is 2.26. The number of amides is 2. The molecule has 0 unspecified atom stereocenters. The number of carbonyl (C=O) groups is 2. The Kier molecular flexibility index (Phi) is 6.46. The van der Waals surface area contributed by atoms with Gasteiger partial charge in [-0.15, -0.1) is 0 Å². The van der Waals surface area contributed by atoms with Crippen LogP contribution in [0.15, 0.2) is 35.7 Å². The molecule has 2 aliphatic rings. The number of likely N-dealkylation sites (tertiary alicyclic amines) is 2. The zero-order valence-electron chi connectivity index (χ0n) is 17.8. The normalized spacial score (nSPS) is 17.5. The summed E-state index contributed by atoms with van der Waals surface area (Å²) in [6, 6.07) is 6.35. The zero-order valence-corrected chi connectivity index (χ0v) is 18.7. The molecule has 160 valence electrons. The fourth-order valence-electron chi connectivity index (χ4n) is 4.35. The fourth-order valence-corrected chi connectivity index (χ4v) is 5.22. The van der Waals surface area contributed by atoms with E-state index in [1.165, 1.54) is 22.9 Å². The van der Waals surface area contributed by atoms with Gasteiger partial charge in [0.25, 0.3) is 0 Å². The molecule has 0 saturated carbocycles. The predicted molar refractivity (Wildman–Crippen MR) is 119 cm³/mol. The van der Waals surface area contributed by atoms with Crippen LogP contribution in [0.3, 0.4) is 0 Å². The smallest absolute Gasteiger partial charge is 0.233 e. The SMILES string of the molecule is Cc1ccc(C)c(-n2ccnc2SCC(=O)N2CCC(C(=O)N3CCCC3)CC2)c1. The van der Waals surface area contributed by atoms with Crippen molar-refractivity contribution >= 4 is 23.6 Å². The first-order chi connectivity index (χ1) is 14.5. The molecule has 4 rings (SSSR count). The monoisotopic (exact) mass is 426 g/mol. The van der Waals surface area contributed by atoms with E-state index in [0.29, 0.717) is 24.7 Å². The molecule has 0 atom stereocenters. The Labute approximate surface area is 182 Å². The Hall–Kier alpha value is -2.28. The van der Waals surface area contributed by atoms with Gasteiger partial charge in [-0.3, -0.25) is 14.2 Å². The highest BCUT2D eigenvalue weighted by Gasteiger charge is 2.31. The summed E-state index contributed by atoms with van der Waals surface area (Å²) in [5.41, 5.74) is 3.47. The highest BCUT2D eigenvalue weighted by atomic mass is 32.2. The van der Waals surface area contributed by atoms with Crippen LogP contribution in [0.2, 0.25) is 0 Å². The standard InChI is InChI=1S/C23H30N4O2S/c1-17-5-6-18(2)20(15-17)27-14-9-24-23(27)30-16-21(28)25-12-7-19(8-13-25)22(29)26-10-3-4-11-26/h5-6,9,14-15,19H,3-4,7-8,10-13,16H2,1-2H3. The Morgan fingerprint density at radius 2 is 1.80 bits per heavy atom. The molecule has 1 aromatic carbocycles. The quantitative estimate of drug-likeness (QED) is 0.687. The molecule has 30 heavy (non-hydrogen) atoms. The summed E-state index contributed by atoms with van der Waals surface area (Å²) >= 11 is 1.48. The number of rotatable bonds is 5. The van der Waals surface area contributed by atoms with Crippen molar-refractivity contribution < 1.29 is 9.59 Å². The molecule has 0 aliphatic carbocycles. The highest BCUT2D eigenvalue weighted by molar-refractivity contribution is 7.99. The first kappa shape index (κ1) is 21.0. The summed E-state index contributed by atoms with van der Waals surface area (Å²) in [6.07, 6.45) is 7.54. The summed E-state index contributed by atoms with van der Waals surface area (Å²) in [5.74, 6) is 0.877. The van der Waals surface area contributed by atoms with E-state index in [-0.39, 0.29) is 11.8 Å². The lowest BCUT2D eigenvalue weighted by Crippen LogP contribution is -2.44. The van der Waals surface area contributed by atoms with Crippen LogP contribution >= 0.6 is 11.8 Å². The van der Waals surface area contributed by atoms with Gasteiger partial charge < -0.3 is 9.80 Å². The average molecular weight is 427 g/mol. The second kappa shape index (κ2) is 9.25. The average Bonchev–Trinajstić information content (AvgIpc) is 3.45. The number of thioether (sulfide) groups is 1. The minimum atomic E-state index is 0.0861. The minimum Gasteiger partial charge on any atom is -0.342 e. The van der Waals surface area contributed by atoms with E-state index >= 15 is 0 Å². The maximum absolute atomic E-state index is 12.8. The van der Waals surface area contributed by atoms with Gasteiger partial charge in [0.2, 0.25) is 11.8 Å². The number of aryl methyl sites for hydroxylation is 2. The third kappa shape index (κ3) is 4.56.